The van der Waals surface area contributed by atoms with Crippen LogP contribution in [0.15, 0.2) is 12.2 Å². The van der Waals surface area contributed by atoms with Crippen LogP contribution in [0.3, 0.4) is 0 Å². The van der Waals surface area contributed by atoms with E-state index in [1.54, 1.807) is 0 Å². The van der Waals surface area contributed by atoms with E-state index >= 15 is 0 Å². The molecule has 0 fully saturated rings. The summed E-state index contributed by atoms with van der Waals surface area (Å²) in [5, 5.41) is 20.9. The Balaban J connectivity index is 1.94. The third-order valence-corrected chi connectivity index (χ3v) is 5.51. The minimum Gasteiger partial charge on any atom is -0.507 e. The minimum atomic E-state index is -1.18. The van der Waals surface area contributed by atoms with E-state index in [9.17, 15) is 24.6 Å². The second-order valence-electron chi connectivity index (χ2n) is 7.75. The smallest absolute Gasteiger partial charge is 0.345 e. The molecule has 2 rings (SSSR count). The highest BCUT2D eigenvalue weighted by molar-refractivity contribution is 6.02. The number of hydrogen-bond acceptors (Lipinski definition) is 7. The lowest BCUT2D eigenvalue weighted by Crippen LogP contribution is -2.05. The van der Waals surface area contributed by atoms with Gasteiger partial charge in [0.2, 0.25) is 6.29 Å². The zero-order chi connectivity index (χ0) is 22.8. The number of methoxy groups -OCH3 is 1. The molecule has 2 N–H and O–H groups in total. The summed E-state index contributed by atoms with van der Waals surface area (Å²) < 4.78 is 9.99. The van der Waals surface area contributed by atoms with Gasteiger partial charge in [-0.3, -0.25) is 9.59 Å². The molecule has 1 aromatic rings. The van der Waals surface area contributed by atoms with Gasteiger partial charge in [0.15, 0.2) is 12.1 Å². The Bertz CT molecular complexity index is 826. The SMILES string of the molecule is CCCCCCCCC/C=C/C(=O)CCc1c(O)c(C=O)c2c(c1O)C(=O)O[C@H]2OC. The van der Waals surface area contributed by atoms with Gasteiger partial charge >= 0.3 is 5.97 Å². The number of cyclic esters (lactones) is 1. The van der Waals surface area contributed by atoms with Gasteiger partial charge in [0, 0.05) is 19.1 Å². The number of aromatic hydroxyl groups is 2. The van der Waals surface area contributed by atoms with Crippen molar-refractivity contribution >= 4 is 18.0 Å². The van der Waals surface area contributed by atoms with Crippen molar-refractivity contribution in [1.29, 1.82) is 0 Å². The number of aldehydes is 1. The lowest BCUT2D eigenvalue weighted by Gasteiger charge is -2.14. The zero-order valence-electron chi connectivity index (χ0n) is 18.3. The highest BCUT2D eigenvalue weighted by Crippen LogP contribution is 2.45. The van der Waals surface area contributed by atoms with Gasteiger partial charge in [-0.2, -0.15) is 0 Å². The standard InChI is InChI=1S/C24H32O7/c1-3-4-5-6-7-8-9-10-11-12-16(26)13-14-17-21(27)18(15-25)19-20(22(17)28)23(29)31-24(19)30-2/h11-12,15,24,27-28H,3-10,13-14H2,1-2H3/b12-11+/t24-/m1/s1. The van der Waals surface area contributed by atoms with Crippen molar-refractivity contribution in [3.63, 3.8) is 0 Å². The van der Waals surface area contributed by atoms with Gasteiger partial charge in [-0.15, -0.1) is 0 Å². The van der Waals surface area contributed by atoms with E-state index in [0.717, 1.165) is 19.3 Å². The first-order valence-corrected chi connectivity index (χ1v) is 10.9. The van der Waals surface area contributed by atoms with E-state index in [1.165, 1.54) is 45.3 Å². The number of unbranched alkanes of at least 4 members (excludes halogenated alkanes) is 7. The van der Waals surface area contributed by atoms with Crippen LogP contribution in [0.25, 0.3) is 0 Å². The molecule has 1 heterocycles. The van der Waals surface area contributed by atoms with Crippen LogP contribution in [0, 0.1) is 0 Å². The van der Waals surface area contributed by atoms with Crippen molar-refractivity contribution in [1.82, 2.24) is 0 Å². The van der Waals surface area contributed by atoms with Gasteiger partial charge in [0.05, 0.1) is 11.1 Å². The number of ketones is 1. The Morgan fingerprint density at radius 2 is 1.77 bits per heavy atom. The largest absolute Gasteiger partial charge is 0.507 e. The summed E-state index contributed by atoms with van der Waals surface area (Å²) in [5.41, 5.74) is -0.406. The predicted molar refractivity (Wildman–Crippen MR) is 115 cm³/mol. The maximum absolute atomic E-state index is 12.2. The van der Waals surface area contributed by atoms with Crippen LogP contribution in [-0.4, -0.2) is 35.4 Å². The lowest BCUT2D eigenvalue weighted by atomic mass is 9.93. The first-order valence-electron chi connectivity index (χ1n) is 10.9. The molecular weight excluding hydrogens is 400 g/mol. The number of rotatable bonds is 14. The van der Waals surface area contributed by atoms with Crippen LogP contribution in [0.5, 0.6) is 11.5 Å². The molecule has 31 heavy (non-hydrogen) atoms. The second kappa shape index (κ2) is 12.2. The molecule has 0 aliphatic carbocycles. The summed E-state index contributed by atoms with van der Waals surface area (Å²) in [6, 6.07) is 0. The van der Waals surface area contributed by atoms with E-state index in [-0.39, 0.29) is 40.9 Å². The average Bonchev–Trinajstić information content (AvgIpc) is 3.09. The number of esters is 1. The monoisotopic (exact) mass is 432 g/mol. The number of carbonyl (C=O) groups excluding carboxylic acids is 3. The van der Waals surface area contributed by atoms with E-state index in [4.69, 9.17) is 9.47 Å². The van der Waals surface area contributed by atoms with Crippen molar-refractivity contribution in [3.8, 4) is 11.5 Å². The Morgan fingerprint density at radius 1 is 1.10 bits per heavy atom. The van der Waals surface area contributed by atoms with Crippen molar-refractivity contribution in [2.45, 2.75) is 77.4 Å². The van der Waals surface area contributed by atoms with Crippen molar-refractivity contribution in [2.75, 3.05) is 7.11 Å². The predicted octanol–water partition coefficient (Wildman–Crippen LogP) is 4.92. The number of fused-ring (bicyclic) bond motifs is 1. The molecule has 1 aliphatic heterocycles. The van der Waals surface area contributed by atoms with Gasteiger partial charge in [0.1, 0.15) is 17.1 Å². The highest BCUT2D eigenvalue weighted by Gasteiger charge is 2.39. The highest BCUT2D eigenvalue weighted by atomic mass is 16.7. The average molecular weight is 433 g/mol. The fourth-order valence-corrected chi connectivity index (χ4v) is 3.77. The van der Waals surface area contributed by atoms with Crippen LogP contribution in [-0.2, 0) is 20.7 Å². The fourth-order valence-electron chi connectivity index (χ4n) is 3.77. The molecule has 0 saturated heterocycles. The maximum Gasteiger partial charge on any atom is 0.345 e. The number of phenolic OH excluding ortho intramolecular Hbond substituents is 2. The van der Waals surface area contributed by atoms with Crippen LogP contribution in [0.4, 0.5) is 0 Å². The number of benzene rings is 1. The van der Waals surface area contributed by atoms with E-state index in [0.29, 0.717) is 6.29 Å². The van der Waals surface area contributed by atoms with Gasteiger partial charge in [-0.25, -0.2) is 4.79 Å². The number of carbonyl (C=O) groups is 3. The summed E-state index contributed by atoms with van der Waals surface area (Å²) in [4.78, 5) is 35.8. The van der Waals surface area contributed by atoms with Gasteiger partial charge in [0.25, 0.3) is 0 Å². The summed E-state index contributed by atoms with van der Waals surface area (Å²) in [7, 11) is 1.28. The quantitative estimate of drug-likeness (QED) is 0.186. The van der Waals surface area contributed by atoms with Crippen LogP contribution in [0.2, 0.25) is 0 Å². The summed E-state index contributed by atoms with van der Waals surface area (Å²) in [6.45, 7) is 2.20. The van der Waals surface area contributed by atoms with Gasteiger partial charge < -0.3 is 19.7 Å². The summed E-state index contributed by atoms with van der Waals surface area (Å²) >= 11 is 0. The molecule has 7 nitrogen and oxygen atoms in total. The van der Waals surface area contributed by atoms with Gasteiger partial charge in [-0.05, 0) is 25.3 Å². The van der Waals surface area contributed by atoms with Gasteiger partial charge in [-0.1, -0.05) is 51.5 Å². The van der Waals surface area contributed by atoms with E-state index < -0.39 is 23.8 Å². The minimum absolute atomic E-state index is 0.00201. The number of hydrogen-bond donors (Lipinski definition) is 2. The molecule has 0 spiro atoms. The molecule has 1 aromatic carbocycles. The molecule has 7 heteroatoms. The topological polar surface area (TPSA) is 110 Å². The van der Waals surface area contributed by atoms with Crippen molar-refractivity contribution in [2.24, 2.45) is 0 Å². The van der Waals surface area contributed by atoms with E-state index in [2.05, 4.69) is 6.92 Å². The molecule has 0 radical (unpaired) electrons. The van der Waals surface area contributed by atoms with Crippen molar-refractivity contribution < 1.29 is 34.1 Å². The van der Waals surface area contributed by atoms with Crippen LogP contribution in [0.1, 0.15) is 103 Å². The normalized spacial score (nSPS) is 15.3. The molecule has 0 aromatic heterocycles. The number of ether oxygens (including phenoxy) is 2. The molecule has 0 amide bonds. The fraction of sp³-hybridized carbons (Fsp3) is 0.542. The number of phenols is 2. The second-order valence-corrected chi connectivity index (χ2v) is 7.75. The molecule has 1 atom stereocenters. The molecule has 0 saturated carbocycles. The first kappa shape index (κ1) is 24.6. The lowest BCUT2D eigenvalue weighted by molar-refractivity contribution is -0.114. The van der Waals surface area contributed by atoms with Crippen molar-refractivity contribution in [3.05, 3.63) is 34.4 Å². The number of allylic oxidation sites excluding steroid dienone is 2. The maximum atomic E-state index is 12.2. The molecule has 0 bridgehead atoms. The Kier molecular flexibility index (Phi) is 9.72. The van der Waals surface area contributed by atoms with Crippen LogP contribution >= 0.6 is 0 Å². The molecule has 0 unspecified atom stereocenters. The third-order valence-electron chi connectivity index (χ3n) is 5.51. The molecular formula is C24H32O7. The zero-order valence-corrected chi connectivity index (χ0v) is 18.3. The van der Waals surface area contributed by atoms with Crippen LogP contribution < -0.4 is 0 Å². The third kappa shape index (κ3) is 6.17. The van der Waals surface area contributed by atoms with E-state index in [1.807, 2.05) is 6.08 Å². The summed E-state index contributed by atoms with van der Waals surface area (Å²) in [5.74, 6) is -1.95. The molecule has 170 valence electrons. The Labute approximate surface area is 183 Å². The summed E-state index contributed by atoms with van der Waals surface area (Å²) in [6.07, 6.45) is 11.8. The Morgan fingerprint density at radius 3 is 2.42 bits per heavy atom. The Hall–Kier alpha value is -2.67. The molecule has 1 aliphatic rings. The first-order chi connectivity index (χ1) is 15.0.